The van der Waals surface area contributed by atoms with Gasteiger partial charge in [-0.3, -0.25) is 0 Å². The molecule has 20 heavy (non-hydrogen) atoms. The molecule has 0 unspecified atom stereocenters. The monoisotopic (exact) mass is 288 g/mol. The fraction of sp³-hybridized carbons (Fsp3) is 0.467. The first-order valence-corrected chi connectivity index (χ1v) is 7.97. The normalized spacial score (nSPS) is 14.2. The van der Waals surface area contributed by atoms with Gasteiger partial charge in [0.15, 0.2) is 0 Å². The summed E-state index contributed by atoms with van der Waals surface area (Å²) in [7, 11) is 2.17. The molecule has 3 rings (SSSR count). The molecule has 2 aromatic rings. The van der Waals surface area contributed by atoms with Gasteiger partial charge < -0.3 is 10.2 Å². The van der Waals surface area contributed by atoms with Gasteiger partial charge in [0.2, 0.25) is 5.13 Å². The van der Waals surface area contributed by atoms with Gasteiger partial charge in [0.05, 0.1) is 0 Å². The number of aryl methyl sites for hydroxylation is 2. The Morgan fingerprint density at radius 1 is 1.35 bits per heavy atom. The molecule has 1 aliphatic rings. The molecule has 0 saturated heterocycles. The van der Waals surface area contributed by atoms with Crippen LogP contribution in [-0.2, 0) is 19.4 Å². The largest absolute Gasteiger partial charge is 0.374 e. The average molecular weight is 288 g/mol. The molecule has 1 aliphatic heterocycles. The summed E-state index contributed by atoms with van der Waals surface area (Å²) in [5.74, 6) is 0. The fourth-order valence-corrected chi connectivity index (χ4v) is 3.27. The Kier molecular flexibility index (Phi) is 3.87. The van der Waals surface area contributed by atoms with E-state index in [-0.39, 0.29) is 0 Å². The number of fused-ring (bicyclic) bond motifs is 1. The van der Waals surface area contributed by atoms with E-state index >= 15 is 0 Å². The molecule has 2 heterocycles. The molecule has 0 atom stereocenters. The maximum absolute atomic E-state index is 4.15. The predicted molar refractivity (Wildman–Crippen MR) is 84.6 cm³/mol. The third-order valence-electron chi connectivity index (χ3n) is 3.71. The Morgan fingerprint density at radius 3 is 3.05 bits per heavy atom. The number of nitrogens with zero attached hydrogens (tertiary/aromatic N) is 3. The van der Waals surface area contributed by atoms with Gasteiger partial charge in [-0.1, -0.05) is 30.4 Å². The van der Waals surface area contributed by atoms with Crippen molar-refractivity contribution in [1.29, 1.82) is 0 Å². The molecular formula is C15H20N4S. The zero-order valence-corrected chi connectivity index (χ0v) is 12.8. The van der Waals surface area contributed by atoms with Crippen LogP contribution in [0.15, 0.2) is 18.2 Å². The van der Waals surface area contributed by atoms with Gasteiger partial charge >= 0.3 is 0 Å². The van der Waals surface area contributed by atoms with Crippen molar-refractivity contribution in [3.63, 3.8) is 0 Å². The molecule has 0 aliphatic carbocycles. The summed E-state index contributed by atoms with van der Waals surface area (Å²) in [6.07, 6.45) is 3.38. The number of nitrogens with one attached hydrogen (secondary N) is 1. The van der Waals surface area contributed by atoms with Crippen LogP contribution in [0.4, 0.5) is 10.8 Å². The van der Waals surface area contributed by atoms with Gasteiger partial charge in [0.25, 0.3) is 0 Å². The summed E-state index contributed by atoms with van der Waals surface area (Å²) in [4.78, 5) is 2.34. The van der Waals surface area contributed by atoms with E-state index in [4.69, 9.17) is 0 Å². The Labute approximate surface area is 123 Å². The zero-order chi connectivity index (χ0) is 13.9. The zero-order valence-electron chi connectivity index (χ0n) is 12.0. The third-order valence-corrected chi connectivity index (χ3v) is 4.73. The van der Waals surface area contributed by atoms with Crippen LogP contribution in [-0.4, -0.2) is 23.8 Å². The summed E-state index contributed by atoms with van der Waals surface area (Å²) in [5.41, 5.74) is 4.15. The molecule has 1 aromatic heterocycles. The van der Waals surface area contributed by atoms with Gasteiger partial charge in [-0.05, 0) is 36.5 Å². The van der Waals surface area contributed by atoms with Crippen molar-refractivity contribution in [3.05, 3.63) is 34.3 Å². The number of hydrogen-bond acceptors (Lipinski definition) is 5. The molecule has 0 fully saturated rings. The van der Waals surface area contributed by atoms with Crippen molar-refractivity contribution in [3.8, 4) is 0 Å². The Hall–Kier alpha value is -1.62. The number of anilines is 2. The first kappa shape index (κ1) is 13.4. The molecular weight excluding hydrogens is 268 g/mol. The van der Waals surface area contributed by atoms with Gasteiger partial charge in [-0.2, -0.15) is 0 Å². The Morgan fingerprint density at radius 2 is 2.25 bits per heavy atom. The maximum Gasteiger partial charge on any atom is 0.205 e. The molecule has 0 saturated carbocycles. The summed E-state index contributed by atoms with van der Waals surface area (Å²) >= 11 is 1.64. The lowest BCUT2D eigenvalue weighted by Gasteiger charge is -2.27. The lowest BCUT2D eigenvalue weighted by atomic mass is 10.00. The van der Waals surface area contributed by atoms with Crippen molar-refractivity contribution >= 4 is 22.2 Å². The molecule has 0 spiro atoms. The molecule has 1 N–H and O–H groups in total. The lowest BCUT2D eigenvalue weighted by molar-refractivity contribution is 0.743. The highest BCUT2D eigenvalue weighted by Crippen LogP contribution is 2.27. The molecule has 106 valence electrons. The number of benzene rings is 1. The van der Waals surface area contributed by atoms with Crippen LogP contribution in [0.1, 0.15) is 29.5 Å². The minimum Gasteiger partial charge on any atom is -0.374 e. The molecule has 5 heteroatoms. The summed E-state index contributed by atoms with van der Waals surface area (Å²) in [5, 5.41) is 13.6. The standard InChI is InChI=1S/C15H20N4S/c1-3-14-17-18-15(20-14)16-10-11-6-7-13-12(9-11)5-4-8-19(13)2/h6-7,9H,3-5,8,10H2,1-2H3,(H,16,18). The first-order chi connectivity index (χ1) is 9.76. The Bertz CT molecular complexity index is 593. The second-order valence-electron chi connectivity index (χ2n) is 5.20. The van der Waals surface area contributed by atoms with Crippen molar-refractivity contribution in [2.45, 2.75) is 32.7 Å². The molecule has 0 radical (unpaired) electrons. The minimum atomic E-state index is 0.815. The van der Waals surface area contributed by atoms with E-state index in [0.29, 0.717) is 0 Å². The third kappa shape index (κ3) is 2.77. The summed E-state index contributed by atoms with van der Waals surface area (Å²) < 4.78 is 0. The first-order valence-electron chi connectivity index (χ1n) is 7.15. The van der Waals surface area contributed by atoms with E-state index in [1.54, 1.807) is 11.3 Å². The van der Waals surface area contributed by atoms with Gasteiger partial charge in [-0.15, -0.1) is 10.2 Å². The second kappa shape index (κ2) is 5.79. The van der Waals surface area contributed by atoms with Crippen molar-refractivity contribution in [2.75, 3.05) is 23.8 Å². The highest BCUT2D eigenvalue weighted by molar-refractivity contribution is 7.15. The topological polar surface area (TPSA) is 41.1 Å². The average Bonchev–Trinajstić information content (AvgIpc) is 2.93. The van der Waals surface area contributed by atoms with E-state index in [2.05, 4.69) is 52.6 Å². The van der Waals surface area contributed by atoms with Gasteiger partial charge in [0.1, 0.15) is 5.01 Å². The van der Waals surface area contributed by atoms with Gasteiger partial charge in [-0.25, -0.2) is 0 Å². The minimum absolute atomic E-state index is 0.815. The molecule has 0 bridgehead atoms. The van der Waals surface area contributed by atoms with Gasteiger partial charge in [0, 0.05) is 25.8 Å². The quantitative estimate of drug-likeness (QED) is 0.938. The fourth-order valence-electron chi connectivity index (χ4n) is 2.59. The van der Waals surface area contributed by atoms with E-state index in [0.717, 1.165) is 29.6 Å². The molecule has 0 amide bonds. The van der Waals surface area contributed by atoms with E-state index in [1.807, 2.05) is 0 Å². The van der Waals surface area contributed by atoms with Crippen LogP contribution in [0.5, 0.6) is 0 Å². The lowest BCUT2D eigenvalue weighted by Crippen LogP contribution is -2.24. The summed E-state index contributed by atoms with van der Waals surface area (Å²) in [6.45, 7) is 4.08. The SMILES string of the molecule is CCc1nnc(NCc2ccc3c(c2)CCCN3C)s1. The maximum atomic E-state index is 4.15. The predicted octanol–water partition coefficient (Wildman–Crippen LogP) is 3.10. The van der Waals surface area contributed by atoms with Crippen molar-refractivity contribution in [2.24, 2.45) is 0 Å². The molecule has 4 nitrogen and oxygen atoms in total. The number of rotatable bonds is 4. The second-order valence-corrected chi connectivity index (χ2v) is 6.26. The number of aromatic nitrogens is 2. The van der Waals surface area contributed by atoms with Crippen LogP contribution in [0.2, 0.25) is 0 Å². The molecule has 1 aromatic carbocycles. The van der Waals surface area contributed by atoms with Crippen molar-refractivity contribution in [1.82, 2.24) is 10.2 Å². The van der Waals surface area contributed by atoms with Crippen molar-refractivity contribution < 1.29 is 0 Å². The highest BCUT2D eigenvalue weighted by Gasteiger charge is 2.13. The Balaban J connectivity index is 1.68. The van der Waals surface area contributed by atoms with Crippen LogP contribution in [0.3, 0.4) is 0 Å². The smallest absolute Gasteiger partial charge is 0.205 e. The van der Waals surface area contributed by atoms with Crippen LogP contribution < -0.4 is 10.2 Å². The number of hydrogen-bond donors (Lipinski definition) is 1. The summed E-state index contributed by atoms with van der Waals surface area (Å²) in [6, 6.07) is 6.76. The van der Waals surface area contributed by atoms with Crippen LogP contribution >= 0.6 is 11.3 Å². The van der Waals surface area contributed by atoms with Crippen LogP contribution in [0, 0.1) is 0 Å². The van der Waals surface area contributed by atoms with Crippen LogP contribution in [0.25, 0.3) is 0 Å². The van der Waals surface area contributed by atoms with E-state index in [9.17, 15) is 0 Å². The highest BCUT2D eigenvalue weighted by atomic mass is 32.1. The van der Waals surface area contributed by atoms with E-state index in [1.165, 1.54) is 29.7 Å². The van der Waals surface area contributed by atoms with E-state index < -0.39 is 0 Å².